The number of aromatic nitrogens is 2. The fraction of sp³-hybridized carbons (Fsp3) is 0.789. The zero-order valence-electron chi connectivity index (χ0n) is 15.4. The van der Waals surface area contributed by atoms with Crippen LogP contribution in [0.1, 0.15) is 50.0 Å². The summed E-state index contributed by atoms with van der Waals surface area (Å²) in [6.07, 6.45) is 6.78. The van der Waals surface area contributed by atoms with Gasteiger partial charge in [-0.1, -0.05) is 13.8 Å². The number of nitrogens with zero attached hydrogens (tertiary/aromatic N) is 4. The molecule has 0 bridgehead atoms. The number of piperidine rings is 1. The van der Waals surface area contributed by atoms with Gasteiger partial charge in [-0.15, -0.1) is 0 Å². The summed E-state index contributed by atoms with van der Waals surface area (Å²) in [5, 5.41) is 4.12. The second-order valence-electron chi connectivity index (χ2n) is 8.00. The van der Waals surface area contributed by atoms with Crippen LogP contribution in [0.15, 0.2) is 12.3 Å². The summed E-state index contributed by atoms with van der Waals surface area (Å²) in [7, 11) is 1.84. The lowest BCUT2D eigenvalue weighted by Gasteiger charge is -2.35. The van der Waals surface area contributed by atoms with Crippen molar-refractivity contribution in [2.24, 2.45) is 24.8 Å². The molecule has 5 heteroatoms. The molecule has 0 aromatic carbocycles. The lowest BCUT2D eigenvalue weighted by Crippen LogP contribution is -2.38. The predicted molar refractivity (Wildman–Crippen MR) is 95.8 cm³/mol. The quantitative estimate of drug-likeness (QED) is 0.832. The van der Waals surface area contributed by atoms with E-state index in [2.05, 4.69) is 23.8 Å². The first kappa shape index (κ1) is 17.5. The molecule has 2 aliphatic heterocycles. The Bertz CT molecular complexity index is 545. The molecular formula is C19H32N4O. The fourth-order valence-electron chi connectivity index (χ4n) is 4.19. The van der Waals surface area contributed by atoms with E-state index in [1.54, 1.807) is 10.9 Å². The normalized spacial score (nSPS) is 23.3. The van der Waals surface area contributed by atoms with Crippen LogP contribution in [0.4, 0.5) is 0 Å². The van der Waals surface area contributed by atoms with Crippen molar-refractivity contribution in [2.75, 3.05) is 32.7 Å². The summed E-state index contributed by atoms with van der Waals surface area (Å²) in [6.45, 7) is 10.2. The van der Waals surface area contributed by atoms with Crippen molar-refractivity contribution in [1.29, 1.82) is 0 Å². The van der Waals surface area contributed by atoms with Crippen LogP contribution >= 0.6 is 0 Å². The molecule has 1 aromatic heterocycles. The summed E-state index contributed by atoms with van der Waals surface area (Å²) in [4.78, 5) is 17.3. The molecule has 3 heterocycles. The summed E-state index contributed by atoms with van der Waals surface area (Å²) in [5.74, 6) is 2.43. The van der Waals surface area contributed by atoms with Gasteiger partial charge in [0.2, 0.25) is 0 Å². The first-order valence-corrected chi connectivity index (χ1v) is 9.54. The van der Waals surface area contributed by atoms with Gasteiger partial charge in [-0.25, -0.2) is 0 Å². The van der Waals surface area contributed by atoms with Crippen molar-refractivity contribution in [2.45, 2.75) is 39.5 Å². The van der Waals surface area contributed by atoms with E-state index >= 15 is 0 Å². The van der Waals surface area contributed by atoms with Crippen LogP contribution in [-0.2, 0) is 7.05 Å². The third kappa shape index (κ3) is 4.00. The zero-order chi connectivity index (χ0) is 17.1. The number of likely N-dealkylation sites (tertiary alicyclic amines) is 2. The van der Waals surface area contributed by atoms with Gasteiger partial charge in [0.1, 0.15) is 5.69 Å². The largest absolute Gasteiger partial charge is 0.337 e. The molecule has 0 N–H and O–H groups in total. The van der Waals surface area contributed by atoms with Gasteiger partial charge >= 0.3 is 0 Å². The number of amides is 1. The number of rotatable bonds is 5. The van der Waals surface area contributed by atoms with E-state index in [9.17, 15) is 4.79 Å². The molecule has 1 amide bonds. The molecule has 134 valence electrons. The maximum absolute atomic E-state index is 12.6. The van der Waals surface area contributed by atoms with E-state index in [1.807, 2.05) is 18.0 Å². The van der Waals surface area contributed by atoms with Crippen LogP contribution in [0.5, 0.6) is 0 Å². The smallest absolute Gasteiger partial charge is 0.272 e. The molecular weight excluding hydrogens is 300 g/mol. The molecule has 1 unspecified atom stereocenters. The molecule has 0 radical (unpaired) electrons. The molecule has 0 aliphatic carbocycles. The summed E-state index contributed by atoms with van der Waals surface area (Å²) in [5.41, 5.74) is 0.708. The Balaban J connectivity index is 1.47. The number of carbonyl (C=O) groups is 1. The van der Waals surface area contributed by atoms with E-state index in [0.29, 0.717) is 11.6 Å². The molecule has 24 heavy (non-hydrogen) atoms. The molecule has 0 spiro atoms. The second kappa shape index (κ2) is 7.68. The highest BCUT2D eigenvalue weighted by atomic mass is 16.2. The Morgan fingerprint density at radius 1 is 1.21 bits per heavy atom. The highest BCUT2D eigenvalue weighted by Crippen LogP contribution is 2.32. The maximum Gasteiger partial charge on any atom is 0.272 e. The van der Waals surface area contributed by atoms with E-state index in [1.165, 1.54) is 45.3 Å². The lowest BCUT2D eigenvalue weighted by atomic mass is 9.83. The van der Waals surface area contributed by atoms with Gasteiger partial charge in [-0.05, 0) is 69.1 Å². The Hall–Kier alpha value is -1.36. The van der Waals surface area contributed by atoms with Crippen LogP contribution in [0.25, 0.3) is 0 Å². The average Bonchev–Trinajstić information content (AvgIpc) is 3.22. The van der Waals surface area contributed by atoms with Crippen LogP contribution in [0, 0.1) is 17.8 Å². The standard InChI is InChI=1S/C19H32N4O/c1-15(2)5-10-22-11-6-16(7-12-22)17-8-13-23(14-17)19(24)18-4-9-20-21(18)3/h4,9,15-17H,5-8,10-14H2,1-3H3. The van der Waals surface area contributed by atoms with Crippen LogP contribution < -0.4 is 0 Å². The zero-order valence-corrected chi connectivity index (χ0v) is 15.4. The van der Waals surface area contributed by atoms with Crippen molar-refractivity contribution < 1.29 is 4.79 Å². The molecule has 1 aromatic rings. The minimum atomic E-state index is 0.145. The minimum Gasteiger partial charge on any atom is -0.337 e. The SMILES string of the molecule is CC(C)CCN1CCC(C2CCN(C(=O)c3ccnn3C)C2)CC1. The second-order valence-corrected chi connectivity index (χ2v) is 8.00. The van der Waals surface area contributed by atoms with Gasteiger partial charge in [-0.2, -0.15) is 5.10 Å². The molecule has 5 nitrogen and oxygen atoms in total. The van der Waals surface area contributed by atoms with Crippen molar-refractivity contribution in [3.8, 4) is 0 Å². The van der Waals surface area contributed by atoms with Gasteiger partial charge < -0.3 is 9.80 Å². The summed E-state index contributed by atoms with van der Waals surface area (Å²) in [6, 6.07) is 1.82. The van der Waals surface area contributed by atoms with Crippen LogP contribution in [0.2, 0.25) is 0 Å². The van der Waals surface area contributed by atoms with Crippen LogP contribution in [-0.4, -0.2) is 58.2 Å². The van der Waals surface area contributed by atoms with Crippen molar-refractivity contribution in [3.05, 3.63) is 18.0 Å². The van der Waals surface area contributed by atoms with Gasteiger partial charge in [0.25, 0.3) is 5.91 Å². The number of carbonyl (C=O) groups excluding carboxylic acids is 1. The fourth-order valence-corrected chi connectivity index (χ4v) is 4.19. The van der Waals surface area contributed by atoms with E-state index in [-0.39, 0.29) is 5.91 Å². The summed E-state index contributed by atoms with van der Waals surface area (Å²) < 4.78 is 1.68. The third-order valence-electron chi connectivity index (χ3n) is 5.87. The van der Waals surface area contributed by atoms with E-state index in [0.717, 1.165) is 24.9 Å². The van der Waals surface area contributed by atoms with Gasteiger partial charge in [0.05, 0.1) is 0 Å². The monoisotopic (exact) mass is 332 g/mol. The van der Waals surface area contributed by atoms with Crippen LogP contribution in [0.3, 0.4) is 0 Å². The van der Waals surface area contributed by atoms with Gasteiger partial charge in [0, 0.05) is 26.3 Å². The third-order valence-corrected chi connectivity index (χ3v) is 5.87. The van der Waals surface area contributed by atoms with E-state index in [4.69, 9.17) is 0 Å². The summed E-state index contributed by atoms with van der Waals surface area (Å²) >= 11 is 0. The molecule has 1 atom stereocenters. The molecule has 0 saturated carbocycles. The molecule has 2 fully saturated rings. The number of hydrogen-bond acceptors (Lipinski definition) is 3. The van der Waals surface area contributed by atoms with E-state index < -0.39 is 0 Å². The molecule has 2 aliphatic rings. The Labute approximate surface area is 146 Å². The topological polar surface area (TPSA) is 41.4 Å². The first-order chi connectivity index (χ1) is 11.5. The molecule has 3 rings (SSSR count). The highest BCUT2D eigenvalue weighted by molar-refractivity contribution is 5.92. The Morgan fingerprint density at radius 3 is 2.54 bits per heavy atom. The molecule has 2 saturated heterocycles. The Kier molecular flexibility index (Phi) is 5.59. The number of hydrogen-bond donors (Lipinski definition) is 0. The predicted octanol–water partition coefficient (Wildman–Crippen LogP) is 2.64. The van der Waals surface area contributed by atoms with Crippen molar-refractivity contribution in [3.63, 3.8) is 0 Å². The lowest BCUT2D eigenvalue weighted by molar-refractivity contribution is 0.0762. The Morgan fingerprint density at radius 2 is 1.92 bits per heavy atom. The first-order valence-electron chi connectivity index (χ1n) is 9.54. The minimum absolute atomic E-state index is 0.145. The van der Waals surface area contributed by atoms with Gasteiger partial charge in [0.15, 0.2) is 0 Å². The highest BCUT2D eigenvalue weighted by Gasteiger charge is 2.34. The number of aryl methyl sites for hydroxylation is 1. The van der Waals surface area contributed by atoms with Crippen molar-refractivity contribution in [1.82, 2.24) is 19.6 Å². The maximum atomic E-state index is 12.6. The van der Waals surface area contributed by atoms with Gasteiger partial charge in [-0.3, -0.25) is 9.48 Å². The average molecular weight is 332 g/mol. The van der Waals surface area contributed by atoms with Crippen molar-refractivity contribution >= 4 is 5.91 Å².